The molecule has 1 amide bonds. The Morgan fingerprint density at radius 2 is 1.96 bits per heavy atom. The molecule has 0 aliphatic carbocycles. The van der Waals surface area contributed by atoms with Gasteiger partial charge in [-0.1, -0.05) is 48.3 Å². The lowest BCUT2D eigenvalue weighted by atomic mass is 10.0. The minimum absolute atomic E-state index is 0.277. The minimum atomic E-state index is -0.454. The van der Waals surface area contributed by atoms with Gasteiger partial charge in [0.05, 0.1) is 6.04 Å². The highest BCUT2D eigenvalue weighted by Crippen LogP contribution is 2.34. The number of carbonyl (C=O) groups is 1. The van der Waals surface area contributed by atoms with Crippen molar-refractivity contribution in [2.75, 3.05) is 0 Å². The van der Waals surface area contributed by atoms with E-state index in [1.807, 2.05) is 25.1 Å². The van der Waals surface area contributed by atoms with Gasteiger partial charge in [0.15, 0.2) is 0 Å². The first-order chi connectivity index (χ1) is 13.5. The highest BCUT2D eigenvalue weighted by molar-refractivity contribution is 6.35. The van der Waals surface area contributed by atoms with Crippen molar-refractivity contribution in [1.82, 2.24) is 9.88 Å². The van der Waals surface area contributed by atoms with E-state index in [1.54, 1.807) is 35.5 Å². The van der Waals surface area contributed by atoms with E-state index in [1.165, 1.54) is 18.2 Å². The van der Waals surface area contributed by atoms with Gasteiger partial charge in [-0.2, -0.15) is 0 Å². The maximum Gasteiger partial charge on any atom is 0.254 e. The lowest BCUT2D eigenvalue weighted by Gasteiger charge is -2.32. The Labute approximate surface area is 173 Å². The van der Waals surface area contributed by atoms with Crippen LogP contribution in [0.25, 0.3) is 0 Å². The number of rotatable bonds is 6. The summed E-state index contributed by atoms with van der Waals surface area (Å²) in [5.41, 5.74) is 1.95. The van der Waals surface area contributed by atoms with E-state index in [2.05, 4.69) is 4.98 Å². The topological polar surface area (TPSA) is 33.2 Å². The molecule has 0 aliphatic rings. The van der Waals surface area contributed by atoms with E-state index < -0.39 is 5.82 Å². The second-order valence-electron chi connectivity index (χ2n) is 6.39. The van der Waals surface area contributed by atoms with Crippen molar-refractivity contribution in [3.63, 3.8) is 0 Å². The van der Waals surface area contributed by atoms with Crippen LogP contribution in [-0.2, 0) is 6.54 Å². The molecule has 0 saturated heterocycles. The van der Waals surface area contributed by atoms with E-state index in [9.17, 15) is 9.18 Å². The molecule has 1 aromatic heterocycles. The molecule has 1 atom stereocenters. The molecule has 3 aromatic rings. The molecule has 6 heteroatoms. The van der Waals surface area contributed by atoms with Crippen LogP contribution in [0.5, 0.6) is 0 Å². The molecule has 144 valence electrons. The lowest BCUT2D eigenvalue weighted by molar-refractivity contribution is 0.0652. The Kier molecular flexibility index (Phi) is 6.65. The van der Waals surface area contributed by atoms with Crippen molar-refractivity contribution in [2.24, 2.45) is 0 Å². The summed E-state index contributed by atoms with van der Waals surface area (Å²) in [4.78, 5) is 19.1. The van der Waals surface area contributed by atoms with Gasteiger partial charge in [-0.05, 0) is 53.9 Å². The number of hydrogen-bond acceptors (Lipinski definition) is 2. The van der Waals surface area contributed by atoms with E-state index in [0.717, 1.165) is 11.1 Å². The SMILES string of the molecule is CC[C@@H](c1ccc(Cl)cc1Cl)N(Cc1cccnc1)C(=O)c1cccc(F)c1. The maximum absolute atomic E-state index is 13.7. The van der Waals surface area contributed by atoms with Crippen LogP contribution < -0.4 is 0 Å². The summed E-state index contributed by atoms with van der Waals surface area (Å²) in [6.07, 6.45) is 4.01. The fourth-order valence-corrected chi connectivity index (χ4v) is 3.71. The molecule has 0 bridgehead atoms. The van der Waals surface area contributed by atoms with Crippen molar-refractivity contribution >= 4 is 29.1 Å². The van der Waals surface area contributed by atoms with Gasteiger partial charge in [0.2, 0.25) is 0 Å². The third kappa shape index (κ3) is 4.70. The molecule has 3 rings (SSSR count). The molecule has 28 heavy (non-hydrogen) atoms. The summed E-state index contributed by atoms with van der Waals surface area (Å²) >= 11 is 12.5. The Morgan fingerprint density at radius 3 is 2.61 bits per heavy atom. The first-order valence-corrected chi connectivity index (χ1v) is 9.65. The van der Waals surface area contributed by atoms with E-state index in [0.29, 0.717) is 23.0 Å². The van der Waals surface area contributed by atoms with Crippen molar-refractivity contribution in [3.05, 3.63) is 99.5 Å². The molecule has 0 aliphatic heterocycles. The van der Waals surface area contributed by atoms with E-state index in [4.69, 9.17) is 23.2 Å². The highest BCUT2D eigenvalue weighted by Gasteiger charge is 2.27. The summed E-state index contributed by atoms with van der Waals surface area (Å²) in [7, 11) is 0. The summed E-state index contributed by atoms with van der Waals surface area (Å²) in [6, 6.07) is 14.3. The van der Waals surface area contributed by atoms with Gasteiger partial charge in [-0.15, -0.1) is 0 Å². The largest absolute Gasteiger partial charge is 0.327 e. The molecular weight excluding hydrogens is 398 g/mol. The fourth-order valence-electron chi connectivity index (χ4n) is 3.18. The van der Waals surface area contributed by atoms with Crippen molar-refractivity contribution < 1.29 is 9.18 Å². The Balaban J connectivity index is 2.04. The molecule has 2 aromatic carbocycles. The van der Waals surface area contributed by atoms with Crippen LogP contribution in [0.4, 0.5) is 4.39 Å². The van der Waals surface area contributed by atoms with E-state index in [-0.39, 0.29) is 17.5 Å². The molecule has 0 spiro atoms. The van der Waals surface area contributed by atoms with Gasteiger partial charge in [-0.25, -0.2) is 4.39 Å². The first-order valence-electron chi connectivity index (χ1n) is 8.90. The Morgan fingerprint density at radius 1 is 1.14 bits per heavy atom. The zero-order chi connectivity index (χ0) is 20.1. The number of aromatic nitrogens is 1. The van der Waals surface area contributed by atoms with Crippen LogP contribution in [0.1, 0.15) is 40.9 Å². The third-order valence-electron chi connectivity index (χ3n) is 4.49. The Hall–Kier alpha value is -2.43. The molecule has 1 heterocycles. The molecule has 0 unspecified atom stereocenters. The fraction of sp³-hybridized carbons (Fsp3) is 0.182. The highest BCUT2D eigenvalue weighted by atomic mass is 35.5. The molecule has 3 nitrogen and oxygen atoms in total. The number of carbonyl (C=O) groups excluding carboxylic acids is 1. The van der Waals surface area contributed by atoms with Crippen LogP contribution in [0, 0.1) is 5.82 Å². The third-order valence-corrected chi connectivity index (χ3v) is 5.05. The number of hydrogen-bond donors (Lipinski definition) is 0. The Bertz CT molecular complexity index is 966. The number of pyridine rings is 1. The van der Waals surface area contributed by atoms with Gasteiger partial charge in [0, 0.05) is 34.5 Å². The van der Waals surface area contributed by atoms with Crippen LogP contribution in [0.3, 0.4) is 0 Å². The summed E-state index contributed by atoms with van der Waals surface area (Å²) < 4.78 is 13.7. The normalized spacial score (nSPS) is 11.9. The van der Waals surface area contributed by atoms with Crippen LogP contribution in [0.15, 0.2) is 67.0 Å². The van der Waals surface area contributed by atoms with Gasteiger partial charge in [-0.3, -0.25) is 9.78 Å². The van der Waals surface area contributed by atoms with Crippen molar-refractivity contribution in [2.45, 2.75) is 25.9 Å². The number of halogens is 3. The molecule has 0 N–H and O–H groups in total. The quantitative estimate of drug-likeness (QED) is 0.470. The predicted octanol–water partition coefficient (Wildman–Crippen LogP) is 6.32. The van der Waals surface area contributed by atoms with Crippen molar-refractivity contribution in [3.8, 4) is 0 Å². The van der Waals surface area contributed by atoms with Crippen LogP contribution in [-0.4, -0.2) is 15.8 Å². The molecule has 0 saturated carbocycles. The monoisotopic (exact) mass is 416 g/mol. The summed E-state index contributed by atoms with van der Waals surface area (Å²) in [6.45, 7) is 2.30. The van der Waals surface area contributed by atoms with Crippen LogP contribution >= 0.6 is 23.2 Å². The van der Waals surface area contributed by atoms with Gasteiger partial charge >= 0.3 is 0 Å². The van der Waals surface area contributed by atoms with Crippen molar-refractivity contribution in [1.29, 1.82) is 0 Å². The number of nitrogens with zero attached hydrogens (tertiary/aromatic N) is 2. The van der Waals surface area contributed by atoms with Gasteiger partial charge < -0.3 is 4.90 Å². The van der Waals surface area contributed by atoms with Gasteiger partial charge in [0.25, 0.3) is 5.91 Å². The summed E-state index contributed by atoms with van der Waals surface area (Å²) in [5.74, 6) is -0.731. The van der Waals surface area contributed by atoms with Gasteiger partial charge in [0.1, 0.15) is 5.82 Å². The second kappa shape index (κ2) is 9.18. The predicted molar refractivity (Wildman–Crippen MR) is 110 cm³/mol. The number of benzene rings is 2. The number of amides is 1. The molecular formula is C22H19Cl2FN2O. The molecule has 0 radical (unpaired) electrons. The minimum Gasteiger partial charge on any atom is -0.327 e. The lowest BCUT2D eigenvalue weighted by Crippen LogP contribution is -2.34. The molecule has 0 fully saturated rings. The van der Waals surface area contributed by atoms with E-state index >= 15 is 0 Å². The average Bonchev–Trinajstić information content (AvgIpc) is 2.69. The first kappa shape index (κ1) is 20.3. The smallest absolute Gasteiger partial charge is 0.254 e. The maximum atomic E-state index is 13.7. The zero-order valence-electron chi connectivity index (χ0n) is 15.3. The average molecular weight is 417 g/mol. The van der Waals surface area contributed by atoms with Crippen LogP contribution in [0.2, 0.25) is 10.0 Å². The second-order valence-corrected chi connectivity index (χ2v) is 7.24. The summed E-state index contributed by atoms with van der Waals surface area (Å²) in [5, 5.41) is 1.02. The zero-order valence-corrected chi connectivity index (χ0v) is 16.8. The standard InChI is InChI=1S/C22H19Cl2FN2O/c1-2-21(19-9-8-17(23)12-20(19)24)27(14-15-5-4-10-26-13-15)22(28)16-6-3-7-18(25)11-16/h3-13,21H,2,14H2,1H3/t21-/m0/s1.